The fourth-order valence-corrected chi connectivity index (χ4v) is 4.71. The molecule has 4 rings (SSSR count). The Bertz CT molecular complexity index is 1030. The topological polar surface area (TPSA) is 76.7 Å². The molecular formula is C26H26F6N2O4. The van der Waals surface area contributed by atoms with Crippen LogP contribution in [0.2, 0.25) is 0 Å². The van der Waals surface area contributed by atoms with E-state index >= 15 is 0 Å². The number of nitrogens with one attached hydrogen (secondary N) is 2. The summed E-state index contributed by atoms with van der Waals surface area (Å²) in [5.74, 6) is -2.32. The molecule has 0 aromatic heterocycles. The summed E-state index contributed by atoms with van der Waals surface area (Å²) in [5.41, 5.74) is -0.0127. The monoisotopic (exact) mass is 544 g/mol. The maximum absolute atomic E-state index is 12.7. The smallest absolute Gasteiger partial charge is 0.419 e. The standard InChI is InChI=1S/C26H26F6N2O4/c27-25(28,29)19-5-1-15(2-6-19)9-17-11-21(33-13-17)37-23(35)24(36)38-22-12-18(14-34-22)10-16-3-7-20(8-4-16)26(30,31)32/h1-8,17-18,21-22,33-34H,9-14H2. The molecule has 2 N–H and O–H groups in total. The number of rotatable bonds is 6. The fraction of sp³-hybridized carbons (Fsp3) is 0.462. The molecule has 4 atom stereocenters. The summed E-state index contributed by atoms with van der Waals surface area (Å²) in [5, 5.41) is 5.95. The van der Waals surface area contributed by atoms with Gasteiger partial charge in [0, 0.05) is 25.9 Å². The zero-order valence-electron chi connectivity index (χ0n) is 20.1. The van der Waals surface area contributed by atoms with Crippen molar-refractivity contribution in [1.29, 1.82) is 0 Å². The summed E-state index contributed by atoms with van der Waals surface area (Å²) in [4.78, 5) is 24.4. The third-order valence-corrected chi connectivity index (χ3v) is 6.64. The maximum Gasteiger partial charge on any atom is 0.419 e. The third-order valence-electron chi connectivity index (χ3n) is 6.64. The second-order valence-electron chi connectivity index (χ2n) is 9.61. The first-order chi connectivity index (χ1) is 17.9. The summed E-state index contributed by atoms with van der Waals surface area (Å²) in [7, 11) is 0. The largest absolute Gasteiger partial charge is 0.438 e. The van der Waals surface area contributed by atoms with Crippen LogP contribution < -0.4 is 10.6 Å². The number of benzene rings is 2. The molecule has 206 valence electrons. The Morgan fingerprint density at radius 3 is 1.32 bits per heavy atom. The predicted molar refractivity (Wildman–Crippen MR) is 122 cm³/mol. The minimum atomic E-state index is -4.40. The SMILES string of the molecule is O=C(OC1CC(Cc2ccc(C(F)(F)F)cc2)CN1)C(=O)OC1CC(Cc2ccc(C(F)(F)F)cc2)CN1. The lowest BCUT2D eigenvalue weighted by molar-refractivity contribution is -0.175. The van der Waals surface area contributed by atoms with Crippen molar-refractivity contribution in [1.82, 2.24) is 10.6 Å². The van der Waals surface area contributed by atoms with E-state index in [-0.39, 0.29) is 11.8 Å². The van der Waals surface area contributed by atoms with Crippen molar-refractivity contribution in [3.63, 3.8) is 0 Å². The van der Waals surface area contributed by atoms with Gasteiger partial charge in [-0.05, 0) is 60.1 Å². The molecule has 4 unspecified atom stereocenters. The molecule has 0 amide bonds. The van der Waals surface area contributed by atoms with Crippen LogP contribution in [0.3, 0.4) is 0 Å². The van der Waals surface area contributed by atoms with Crippen molar-refractivity contribution in [2.24, 2.45) is 11.8 Å². The van der Waals surface area contributed by atoms with E-state index < -0.39 is 47.9 Å². The average Bonchev–Trinajstić information content (AvgIpc) is 3.47. The molecule has 2 fully saturated rings. The van der Waals surface area contributed by atoms with Crippen LogP contribution in [-0.4, -0.2) is 37.5 Å². The number of hydrogen-bond donors (Lipinski definition) is 2. The molecular weight excluding hydrogens is 518 g/mol. The molecule has 0 radical (unpaired) electrons. The highest BCUT2D eigenvalue weighted by atomic mass is 19.4. The average molecular weight is 544 g/mol. The van der Waals surface area contributed by atoms with E-state index in [1.807, 2.05) is 0 Å². The Kier molecular flexibility index (Phi) is 8.31. The van der Waals surface area contributed by atoms with Gasteiger partial charge in [0.05, 0.1) is 11.1 Å². The minimum absolute atomic E-state index is 0.00279. The molecule has 2 aromatic carbocycles. The van der Waals surface area contributed by atoms with Crippen LogP contribution >= 0.6 is 0 Å². The van der Waals surface area contributed by atoms with E-state index in [2.05, 4.69) is 10.6 Å². The molecule has 0 bridgehead atoms. The predicted octanol–water partition coefficient (Wildman–Crippen LogP) is 4.47. The molecule has 2 aliphatic heterocycles. The van der Waals surface area contributed by atoms with E-state index in [0.29, 0.717) is 49.9 Å². The molecule has 12 heteroatoms. The van der Waals surface area contributed by atoms with Crippen molar-refractivity contribution >= 4 is 11.9 Å². The van der Waals surface area contributed by atoms with Crippen molar-refractivity contribution < 1.29 is 45.4 Å². The van der Waals surface area contributed by atoms with E-state index in [4.69, 9.17) is 9.47 Å². The van der Waals surface area contributed by atoms with Crippen molar-refractivity contribution in [2.45, 2.75) is 50.5 Å². The van der Waals surface area contributed by atoms with Gasteiger partial charge >= 0.3 is 24.3 Å². The fourth-order valence-electron chi connectivity index (χ4n) is 4.71. The highest BCUT2D eigenvalue weighted by Gasteiger charge is 2.34. The van der Waals surface area contributed by atoms with Crippen LogP contribution in [0.5, 0.6) is 0 Å². The first-order valence-electron chi connectivity index (χ1n) is 12.1. The summed E-state index contributed by atoms with van der Waals surface area (Å²) in [6, 6.07) is 9.76. The molecule has 0 spiro atoms. The molecule has 2 saturated heterocycles. The normalized spacial score (nSPS) is 23.8. The number of halogens is 6. The molecule has 0 aliphatic carbocycles. The summed E-state index contributed by atoms with van der Waals surface area (Å²) < 4.78 is 86.6. The maximum atomic E-state index is 12.7. The van der Waals surface area contributed by atoms with Gasteiger partial charge in [-0.15, -0.1) is 0 Å². The number of hydrogen-bond acceptors (Lipinski definition) is 6. The molecule has 2 aromatic rings. The Labute approximate surface area is 214 Å². The van der Waals surface area contributed by atoms with Crippen LogP contribution in [0.1, 0.15) is 35.1 Å². The van der Waals surface area contributed by atoms with Gasteiger partial charge in [0.2, 0.25) is 0 Å². The lowest BCUT2D eigenvalue weighted by Gasteiger charge is -2.15. The van der Waals surface area contributed by atoms with E-state index in [9.17, 15) is 35.9 Å². The van der Waals surface area contributed by atoms with Crippen LogP contribution in [0.4, 0.5) is 26.3 Å². The van der Waals surface area contributed by atoms with Gasteiger partial charge in [0.15, 0.2) is 12.5 Å². The van der Waals surface area contributed by atoms with Crippen LogP contribution in [-0.2, 0) is 44.3 Å². The number of ether oxygens (including phenoxy) is 2. The molecule has 2 heterocycles. The minimum Gasteiger partial charge on any atom is -0.438 e. The van der Waals surface area contributed by atoms with Crippen LogP contribution in [0.15, 0.2) is 48.5 Å². The molecule has 38 heavy (non-hydrogen) atoms. The second kappa shape index (κ2) is 11.3. The van der Waals surface area contributed by atoms with E-state index in [1.54, 1.807) is 0 Å². The number of carbonyl (C=O) groups excluding carboxylic acids is 2. The summed E-state index contributed by atoms with van der Waals surface area (Å²) in [6.07, 6.45) is -8.51. The number of esters is 2. The quantitative estimate of drug-likeness (QED) is 0.318. The van der Waals surface area contributed by atoms with Crippen molar-refractivity contribution in [3.05, 3.63) is 70.8 Å². The number of carbonyl (C=O) groups is 2. The van der Waals surface area contributed by atoms with Crippen molar-refractivity contribution in [2.75, 3.05) is 13.1 Å². The molecule has 0 saturated carbocycles. The Hall–Kier alpha value is -3.12. The van der Waals surface area contributed by atoms with Gasteiger partial charge in [-0.3, -0.25) is 10.6 Å². The lowest BCUT2D eigenvalue weighted by atomic mass is 9.97. The van der Waals surface area contributed by atoms with Gasteiger partial charge in [0.25, 0.3) is 0 Å². The van der Waals surface area contributed by atoms with Gasteiger partial charge in [0.1, 0.15) is 0 Å². The van der Waals surface area contributed by atoms with Crippen LogP contribution in [0.25, 0.3) is 0 Å². The molecule has 2 aliphatic rings. The lowest BCUT2D eigenvalue weighted by Crippen LogP contribution is -2.35. The zero-order chi connectivity index (χ0) is 27.5. The summed E-state index contributed by atoms with van der Waals surface area (Å²) in [6.45, 7) is 0.924. The number of alkyl halides is 6. The highest BCUT2D eigenvalue weighted by Crippen LogP contribution is 2.31. The third kappa shape index (κ3) is 7.47. The Balaban J connectivity index is 1.18. The van der Waals surface area contributed by atoms with E-state index in [0.717, 1.165) is 24.3 Å². The van der Waals surface area contributed by atoms with E-state index in [1.165, 1.54) is 24.3 Å². The van der Waals surface area contributed by atoms with Crippen LogP contribution in [0, 0.1) is 11.8 Å². The summed E-state index contributed by atoms with van der Waals surface area (Å²) >= 11 is 0. The van der Waals surface area contributed by atoms with Gasteiger partial charge in [-0.2, -0.15) is 26.3 Å². The zero-order valence-corrected chi connectivity index (χ0v) is 20.1. The highest BCUT2D eigenvalue weighted by molar-refractivity contribution is 6.29. The molecule has 6 nitrogen and oxygen atoms in total. The second-order valence-corrected chi connectivity index (χ2v) is 9.61. The van der Waals surface area contributed by atoms with Crippen molar-refractivity contribution in [3.8, 4) is 0 Å². The van der Waals surface area contributed by atoms with Gasteiger partial charge < -0.3 is 9.47 Å². The van der Waals surface area contributed by atoms with Gasteiger partial charge in [-0.1, -0.05) is 24.3 Å². The first kappa shape index (κ1) is 27.9. The van der Waals surface area contributed by atoms with Gasteiger partial charge in [-0.25, -0.2) is 9.59 Å². The Morgan fingerprint density at radius 2 is 1.00 bits per heavy atom. The Morgan fingerprint density at radius 1 is 0.658 bits per heavy atom. The first-order valence-corrected chi connectivity index (χ1v) is 12.1.